The smallest absolute Gasteiger partial charge is 0.335 e. The van der Waals surface area contributed by atoms with Gasteiger partial charge in [0.1, 0.15) is 0 Å². The van der Waals surface area contributed by atoms with Gasteiger partial charge in [-0.25, -0.2) is 17.9 Å². The Morgan fingerprint density at radius 2 is 1.64 bits per heavy atom. The van der Waals surface area contributed by atoms with E-state index >= 15 is 0 Å². The zero-order valence-corrected chi connectivity index (χ0v) is 19.4. The largest absolute Gasteiger partial charge is 0.478 e. The zero-order valence-electron chi connectivity index (χ0n) is 17.7. The van der Waals surface area contributed by atoms with Crippen LogP contribution in [0.2, 0.25) is 0 Å². The lowest BCUT2D eigenvalue weighted by molar-refractivity contribution is 0.0696. The van der Waals surface area contributed by atoms with Gasteiger partial charge in [-0.15, -0.1) is 11.8 Å². The van der Waals surface area contributed by atoms with Crippen LogP contribution in [0.1, 0.15) is 43.4 Å². The lowest BCUT2D eigenvalue weighted by atomic mass is 9.97. The molecule has 4 rings (SSSR count). The number of hydrogen-bond donors (Lipinski definition) is 2. The Hall–Kier alpha value is -3.13. The second kappa shape index (κ2) is 10.2. The molecule has 1 atom stereocenters. The molecule has 7 heteroatoms. The SMILES string of the molecule is O=C(O)c1ccc2c(c1)C(SCCNS(=O)(=O)/C=C/c1ccccc1)c1ccccc1C=C2. The van der Waals surface area contributed by atoms with Crippen LogP contribution in [0.5, 0.6) is 0 Å². The number of aromatic carboxylic acids is 1. The number of carbonyl (C=O) groups is 1. The number of rotatable bonds is 8. The van der Waals surface area contributed by atoms with Crippen molar-refractivity contribution in [2.45, 2.75) is 5.25 Å². The Balaban J connectivity index is 1.49. The number of carboxylic acid groups (broad SMARTS) is 1. The molecule has 3 aromatic rings. The molecule has 0 spiro atoms. The topological polar surface area (TPSA) is 83.5 Å². The summed E-state index contributed by atoms with van der Waals surface area (Å²) in [6, 6.07) is 22.4. The fourth-order valence-electron chi connectivity index (χ4n) is 3.66. The van der Waals surface area contributed by atoms with Crippen LogP contribution in [-0.2, 0) is 10.0 Å². The van der Waals surface area contributed by atoms with Crippen LogP contribution in [0.15, 0.2) is 78.2 Å². The van der Waals surface area contributed by atoms with Gasteiger partial charge < -0.3 is 5.11 Å². The molecule has 0 aliphatic heterocycles. The van der Waals surface area contributed by atoms with E-state index < -0.39 is 16.0 Å². The monoisotopic (exact) mass is 477 g/mol. The third kappa shape index (κ3) is 5.82. The van der Waals surface area contributed by atoms with Gasteiger partial charge in [0.15, 0.2) is 0 Å². The molecule has 0 radical (unpaired) electrons. The molecule has 0 aromatic heterocycles. The minimum absolute atomic E-state index is 0.116. The molecule has 1 aliphatic carbocycles. The van der Waals surface area contributed by atoms with Crippen LogP contribution < -0.4 is 4.72 Å². The van der Waals surface area contributed by atoms with Crippen molar-refractivity contribution in [3.63, 3.8) is 0 Å². The van der Waals surface area contributed by atoms with Gasteiger partial charge in [-0.1, -0.05) is 72.8 Å². The summed E-state index contributed by atoms with van der Waals surface area (Å²) in [6.45, 7) is 0.256. The van der Waals surface area contributed by atoms with Crippen molar-refractivity contribution in [2.75, 3.05) is 12.3 Å². The highest BCUT2D eigenvalue weighted by molar-refractivity contribution is 7.99. The van der Waals surface area contributed by atoms with Crippen LogP contribution in [0.3, 0.4) is 0 Å². The fraction of sp³-hybridized carbons (Fsp3) is 0.115. The second-order valence-electron chi connectivity index (χ2n) is 7.51. The Labute approximate surface area is 197 Å². The van der Waals surface area contributed by atoms with Gasteiger partial charge in [0.2, 0.25) is 10.0 Å². The molecule has 2 N–H and O–H groups in total. The van der Waals surface area contributed by atoms with Crippen LogP contribution in [-0.4, -0.2) is 31.8 Å². The maximum absolute atomic E-state index is 12.3. The molecular formula is C26H23NO4S2. The lowest BCUT2D eigenvalue weighted by Crippen LogP contribution is -2.24. The summed E-state index contributed by atoms with van der Waals surface area (Å²) in [5.74, 6) is -0.449. The number of benzene rings is 3. The Morgan fingerprint density at radius 1 is 0.939 bits per heavy atom. The summed E-state index contributed by atoms with van der Waals surface area (Å²) in [5.41, 5.74) is 5.05. The molecule has 0 amide bonds. The quantitative estimate of drug-likeness (QED) is 0.431. The third-order valence-corrected chi connectivity index (χ3v) is 7.65. The summed E-state index contributed by atoms with van der Waals surface area (Å²) in [6.07, 6.45) is 5.59. The summed E-state index contributed by atoms with van der Waals surface area (Å²) in [7, 11) is -3.56. The van der Waals surface area contributed by atoms with Gasteiger partial charge in [-0.3, -0.25) is 0 Å². The molecule has 0 saturated heterocycles. The first-order valence-electron chi connectivity index (χ1n) is 10.4. The van der Waals surface area contributed by atoms with Crippen molar-refractivity contribution < 1.29 is 18.3 Å². The fourth-order valence-corrected chi connectivity index (χ4v) is 5.84. The van der Waals surface area contributed by atoms with Crippen LogP contribution in [0.25, 0.3) is 18.2 Å². The molecule has 168 valence electrons. The molecule has 0 fully saturated rings. The van der Waals surface area contributed by atoms with Crippen LogP contribution in [0.4, 0.5) is 0 Å². The van der Waals surface area contributed by atoms with Gasteiger partial charge in [-0.05, 0) is 46.0 Å². The average Bonchev–Trinajstić information content (AvgIpc) is 2.98. The molecule has 0 bridgehead atoms. The Morgan fingerprint density at radius 3 is 2.39 bits per heavy atom. The van der Waals surface area contributed by atoms with E-state index in [1.54, 1.807) is 30.0 Å². The first-order chi connectivity index (χ1) is 15.9. The molecule has 3 aromatic carbocycles. The van der Waals surface area contributed by atoms with Gasteiger partial charge in [0.25, 0.3) is 0 Å². The number of hydrogen-bond acceptors (Lipinski definition) is 4. The summed E-state index contributed by atoms with van der Waals surface area (Å²) in [4.78, 5) is 11.6. The van der Waals surface area contributed by atoms with E-state index in [0.717, 1.165) is 27.8 Å². The van der Waals surface area contributed by atoms with E-state index in [1.165, 1.54) is 5.41 Å². The normalized spacial score (nSPS) is 15.1. The minimum atomic E-state index is -3.56. The summed E-state index contributed by atoms with van der Waals surface area (Å²) in [5, 5.41) is 10.5. The van der Waals surface area contributed by atoms with Crippen LogP contribution >= 0.6 is 11.8 Å². The van der Waals surface area contributed by atoms with Gasteiger partial charge in [0, 0.05) is 17.7 Å². The van der Waals surface area contributed by atoms with Crippen molar-refractivity contribution in [2.24, 2.45) is 0 Å². The Kier molecular flexibility index (Phi) is 7.13. The van der Waals surface area contributed by atoms with Crippen molar-refractivity contribution in [1.82, 2.24) is 4.72 Å². The minimum Gasteiger partial charge on any atom is -0.478 e. The van der Waals surface area contributed by atoms with E-state index in [2.05, 4.69) is 4.72 Å². The number of sulfonamides is 1. The second-order valence-corrected chi connectivity index (χ2v) is 10.4. The van der Waals surface area contributed by atoms with E-state index in [4.69, 9.17) is 0 Å². The van der Waals surface area contributed by atoms with Crippen LogP contribution in [0, 0.1) is 0 Å². The molecule has 5 nitrogen and oxygen atoms in total. The third-order valence-electron chi connectivity index (χ3n) is 5.27. The molecular weight excluding hydrogens is 454 g/mol. The molecule has 1 unspecified atom stereocenters. The summed E-state index contributed by atoms with van der Waals surface area (Å²) >= 11 is 1.59. The van der Waals surface area contributed by atoms with E-state index in [0.29, 0.717) is 5.75 Å². The highest BCUT2D eigenvalue weighted by Gasteiger charge is 2.23. The number of thioether (sulfide) groups is 1. The predicted octanol–water partition coefficient (Wildman–Crippen LogP) is 5.28. The van der Waals surface area contributed by atoms with E-state index in [1.807, 2.05) is 72.8 Å². The highest BCUT2D eigenvalue weighted by atomic mass is 32.2. The molecule has 1 aliphatic rings. The zero-order chi connectivity index (χ0) is 23.3. The standard InChI is InChI=1S/C26H23NO4S2/c28-26(29)22-13-12-21-11-10-20-8-4-5-9-23(20)25(24(21)18-22)32-16-15-27-33(30,31)17-14-19-6-2-1-3-7-19/h1-14,17-18,25,27H,15-16H2,(H,28,29)/b17-14+. The van der Waals surface area contributed by atoms with Gasteiger partial charge in [0.05, 0.1) is 10.8 Å². The van der Waals surface area contributed by atoms with Gasteiger partial charge >= 0.3 is 5.97 Å². The number of fused-ring (bicyclic) bond motifs is 2. The molecule has 33 heavy (non-hydrogen) atoms. The summed E-state index contributed by atoms with van der Waals surface area (Å²) < 4.78 is 27.3. The first-order valence-corrected chi connectivity index (χ1v) is 13.0. The predicted molar refractivity (Wildman–Crippen MR) is 135 cm³/mol. The van der Waals surface area contributed by atoms with E-state index in [9.17, 15) is 18.3 Å². The van der Waals surface area contributed by atoms with Gasteiger partial charge in [-0.2, -0.15) is 0 Å². The number of nitrogens with one attached hydrogen (secondary N) is 1. The van der Waals surface area contributed by atoms with Crippen molar-refractivity contribution in [1.29, 1.82) is 0 Å². The molecule has 0 heterocycles. The van der Waals surface area contributed by atoms with Crippen molar-refractivity contribution in [3.05, 3.63) is 112 Å². The van der Waals surface area contributed by atoms with Crippen molar-refractivity contribution >= 4 is 46.0 Å². The molecule has 0 saturated carbocycles. The highest BCUT2D eigenvalue weighted by Crippen LogP contribution is 2.42. The van der Waals surface area contributed by atoms with Crippen molar-refractivity contribution in [3.8, 4) is 0 Å². The maximum atomic E-state index is 12.3. The maximum Gasteiger partial charge on any atom is 0.335 e. The lowest BCUT2D eigenvalue weighted by Gasteiger charge is -2.20. The first kappa shape index (κ1) is 23.0. The number of carboxylic acids is 1. The average molecular weight is 478 g/mol. The van der Waals surface area contributed by atoms with E-state index in [-0.39, 0.29) is 17.4 Å². The Bertz CT molecular complexity index is 1320.